The minimum atomic E-state index is -0.516. The molecule has 2 aromatic carbocycles. The number of imide groups is 1. The number of nitrogens with one attached hydrogen (secondary N) is 1. The summed E-state index contributed by atoms with van der Waals surface area (Å²) >= 11 is 24.6. The van der Waals surface area contributed by atoms with Crippen molar-refractivity contribution in [3.05, 3.63) is 79.9 Å². The zero-order valence-corrected chi connectivity index (χ0v) is 17.9. The van der Waals surface area contributed by atoms with Crippen molar-refractivity contribution in [2.45, 2.75) is 6.61 Å². The van der Waals surface area contributed by atoms with Crippen LogP contribution in [-0.2, 0) is 11.4 Å². The van der Waals surface area contributed by atoms with E-state index < -0.39 is 11.9 Å². The van der Waals surface area contributed by atoms with E-state index in [-0.39, 0.29) is 34.6 Å². The van der Waals surface area contributed by atoms with Crippen molar-refractivity contribution in [3.8, 4) is 5.75 Å². The smallest absolute Gasteiger partial charge is 0.329 e. The summed E-state index contributed by atoms with van der Waals surface area (Å²) in [5.41, 5.74) is 1.36. The van der Waals surface area contributed by atoms with Gasteiger partial charge in [-0.15, -0.1) is 6.58 Å². The van der Waals surface area contributed by atoms with Crippen LogP contribution in [0.1, 0.15) is 11.1 Å². The fourth-order valence-electron chi connectivity index (χ4n) is 2.62. The lowest BCUT2D eigenvalue weighted by Gasteiger charge is -2.12. The van der Waals surface area contributed by atoms with Gasteiger partial charge in [0.05, 0.1) is 10.0 Å². The number of rotatable bonds is 6. The van der Waals surface area contributed by atoms with Crippen LogP contribution < -0.4 is 10.1 Å². The van der Waals surface area contributed by atoms with Crippen LogP contribution in [0.5, 0.6) is 5.75 Å². The van der Waals surface area contributed by atoms with Crippen molar-refractivity contribution >= 4 is 64.4 Å². The molecular formula is C20H14Cl4N2O3. The molecule has 29 heavy (non-hydrogen) atoms. The molecule has 1 aliphatic rings. The maximum atomic E-state index is 12.3. The van der Waals surface area contributed by atoms with Crippen LogP contribution in [0.15, 0.2) is 48.7 Å². The van der Waals surface area contributed by atoms with E-state index >= 15 is 0 Å². The number of amides is 3. The Balaban J connectivity index is 1.80. The number of urea groups is 1. The second-order valence-corrected chi connectivity index (χ2v) is 7.69. The summed E-state index contributed by atoms with van der Waals surface area (Å²) in [5, 5.41) is 3.98. The number of benzene rings is 2. The summed E-state index contributed by atoms with van der Waals surface area (Å²) in [6, 6.07) is 7.70. The Kier molecular flexibility index (Phi) is 6.75. The van der Waals surface area contributed by atoms with Crippen LogP contribution in [0.4, 0.5) is 4.79 Å². The van der Waals surface area contributed by atoms with Crippen LogP contribution in [0.3, 0.4) is 0 Å². The highest BCUT2D eigenvalue weighted by Gasteiger charge is 2.32. The third-order valence-electron chi connectivity index (χ3n) is 3.99. The van der Waals surface area contributed by atoms with Crippen LogP contribution in [-0.4, -0.2) is 23.4 Å². The van der Waals surface area contributed by atoms with Gasteiger partial charge in [-0.05, 0) is 35.9 Å². The maximum Gasteiger partial charge on any atom is 0.329 e. The standard InChI is InChI=1S/C20H14Cl4N2O3/c1-2-5-26-19(27)17(25-20(26)28)8-11-6-15(23)18(16(24)7-11)29-10-12-3-4-13(21)9-14(12)22/h2-4,6-9H,1,5,10H2,(H,25,28)/b17-8+. The molecule has 1 N–H and O–H groups in total. The number of ether oxygens (including phenoxy) is 1. The predicted molar refractivity (Wildman–Crippen MR) is 116 cm³/mol. The molecule has 1 aliphatic heterocycles. The number of hydrogen-bond donors (Lipinski definition) is 1. The van der Waals surface area contributed by atoms with Gasteiger partial charge in [0, 0.05) is 22.2 Å². The van der Waals surface area contributed by atoms with Gasteiger partial charge in [0.25, 0.3) is 5.91 Å². The Morgan fingerprint density at radius 1 is 1.03 bits per heavy atom. The first-order valence-electron chi connectivity index (χ1n) is 8.31. The number of carbonyl (C=O) groups is 2. The molecule has 150 valence electrons. The molecule has 3 rings (SSSR count). The summed E-state index contributed by atoms with van der Waals surface area (Å²) in [5.74, 6) is -0.184. The highest BCUT2D eigenvalue weighted by atomic mass is 35.5. The zero-order valence-electron chi connectivity index (χ0n) is 14.8. The van der Waals surface area contributed by atoms with Gasteiger partial charge >= 0.3 is 6.03 Å². The lowest BCUT2D eigenvalue weighted by atomic mass is 10.1. The van der Waals surface area contributed by atoms with E-state index in [9.17, 15) is 9.59 Å². The minimum absolute atomic E-state index is 0.115. The van der Waals surface area contributed by atoms with E-state index in [1.165, 1.54) is 12.2 Å². The molecule has 1 fully saturated rings. The van der Waals surface area contributed by atoms with Crippen LogP contribution in [0.2, 0.25) is 20.1 Å². The van der Waals surface area contributed by atoms with Gasteiger partial charge in [0.1, 0.15) is 12.3 Å². The molecule has 5 nitrogen and oxygen atoms in total. The Morgan fingerprint density at radius 2 is 1.72 bits per heavy atom. The van der Waals surface area contributed by atoms with Gasteiger partial charge in [-0.25, -0.2) is 4.79 Å². The second-order valence-electron chi connectivity index (χ2n) is 6.03. The van der Waals surface area contributed by atoms with Crippen molar-refractivity contribution < 1.29 is 14.3 Å². The zero-order chi connectivity index (χ0) is 21.1. The average molecular weight is 472 g/mol. The van der Waals surface area contributed by atoms with Crippen LogP contribution >= 0.6 is 46.4 Å². The largest absolute Gasteiger partial charge is 0.486 e. The Hall–Kier alpha value is -2.18. The molecular weight excluding hydrogens is 458 g/mol. The molecule has 1 heterocycles. The summed E-state index contributed by atoms with van der Waals surface area (Å²) in [6.45, 7) is 3.78. The molecule has 1 saturated heterocycles. The molecule has 0 saturated carbocycles. The van der Waals surface area contributed by atoms with Gasteiger partial charge in [-0.2, -0.15) is 0 Å². The first kappa shape index (κ1) is 21.5. The van der Waals surface area contributed by atoms with E-state index in [1.54, 1.807) is 30.3 Å². The summed E-state index contributed by atoms with van der Waals surface area (Å²) in [4.78, 5) is 25.2. The van der Waals surface area contributed by atoms with Gasteiger partial charge in [0.15, 0.2) is 5.75 Å². The number of hydrogen-bond acceptors (Lipinski definition) is 3. The van der Waals surface area contributed by atoms with E-state index in [0.29, 0.717) is 15.6 Å². The van der Waals surface area contributed by atoms with Gasteiger partial charge in [-0.3, -0.25) is 9.69 Å². The van der Waals surface area contributed by atoms with Crippen molar-refractivity contribution in [2.24, 2.45) is 0 Å². The topological polar surface area (TPSA) is 58.6 Å². The van der Waals surface area contributed by atoms with Gasteiger partial charge < -0.3 is 10.1 Å². The molecule has 0 aromatic heterocycles. The van der Waals surface area contributed by atoms with Crippen molar-refractivity contribution in [3.63, 3.8) is 0 Å². The highest BCUT2D eigenvalue weighted by molar-refractivity contribution is 6.37. The van der Waals surface area contributed by atoms with Crippen LogP contribution in [0, 0.1) is 0 Å². The molecule has 2 aromatic rings. The first-order valence-corrected chi connectivity index (χ1v) is 9.82. The molecule has 0 bridgehead atoms. The third kappa shape index (κ3) is 4.87. The third-order valence-corrected chi connectivity index (χ3v) is 5.14. The van der Waals surface area contributed by atoms with E-state index in [2.05, 4.69) is 11.9 Å². The van der Waals surface area contributed by atoms with Crippen molar-refractivity contribution in [1.82, 2.24) is 10.2 Å². The fraction of sp³-hybridized carbons (Fsp3) is 0.100. The fourth-order valence-corrected chi connectivity index (χ4v) is 3.70. The number of nitrogens with zero attached hydrogens (tertiary/aromatic N) is 1. The molecule has 9 heteroatoms. The second kappa shape index (κ2) is 9.09. The molecule has 3 amide bonds. The number of halogens is 4. The quantitative estimate of drug-likeness (QED) is 0.321. The molecule has 0 atom stereocenters. The summed E-state index contributed by atoms with van der Waals surface area (Å²) in [7, 11) is 0. The molecule has 0 aliphatic carbocycles. The number of carbonyl (C=O) groups excluding carboxylic acids is 2. The lowest BCUT2D eigenvalue weighted by molar-refractivity contribution is -0.122. The Labute approximate surface area is 187 Å². The van der Waals surface area contributed by atoms with Crippen molar-refractivity contribution in [2.75, 3.05) is 6.54 Å². The molecule has 0 unspecified atom stereocenters. The molecule has 0 spiro atoms. The SMILES string of the molecule is C=CCN1C(=O)N/C(=C/c2cc(Cl)c(OCc3ccc(Cl)cc3Cl)c(Cl)c2)C1=O. The first-order chi connectivity index (χ1) is 13.8. The summed E-state index contributed by atoms with van der Waals surface area (Å²) in [6.07, 6.45) is 2.95. The van der Waals surface area contributed by atoms with Crippen LogP contribution in [0.25, 0.3) is 6.08 Å². The predicted octanol–water partition coefficient (Wildman–Crippen LogP) is 5.96. The average Bonchev–Trinajstić information content (AvgIpc) is 2.90. The Bertz CT molecular complexity index is 1010. The highest BCUT2D eigenvalue weighted by Crippen LogP contribution is 2.36. The van der Waals surface area contributed by atoms with E-state index in [0.717, 1.165) is 10.5 Å². The summed E-state index contributed by atoms with van der Waals surface area (Å²) < 4.78 is 5.72. The maximum absolute atomic E-state index is 12.3. The molecule has 0 radical (unpaired) electrons. The lowest BCUT2D eigenvalue weighted by Crippen LogP contribution is -2.30. The van der Waals surface area contributed by atoms with Gasteiger partial charge in [-0.1, -0.05) is 58.5 Å². The Morgan fingerprint density at radius 3 is 2.34 bits per heavy atom. The van der Waals surface area contributed by atoms with Crippen molar-refractivity contribution in [1.29, 1.82) is 0 Å². The van der Waals surface area contributed by atoms with E-state index in [1.807, 2.05) is 0 Å². The van der Waals surface area contributed by atoms with Gasteiger partial charge in [0.2, 0.25) is 0 Å². The monoisotopic (exact) mass is 470 g/mol. The normalized spacial score (nSPS) is 15.0. The minimum Gasteiger partial charge on any atom is -0.486 e. The van der Waals surface area contributed by atoms with E-state index in [4.69, 9.17) is 51.1 Å².